The van der Waals surface area contributed by atoms with Crippen LogP contribution in [0, 0.1) is 13.8 Å². The summed E-state index contributed by atoms with van der Waals surface area (Å²) in [5, 5.41) is 14.0. The van der Waals surface area contributed by atoms with E-state index in [1.54, 1.807) is 0 Å². The van der Waals surface area contributed by atoms with Crippen molar-refractivity contribution < 1.29 is 9.59 Å². The number of amides is 2. The Kier molecular flexibility index (Phi) is 8.85. The van der Waals surface area contributed by atoms with Crippen molar-refractivity contribution in [3.63, 3.8) is 0 Å². The first-order valence-electron chi connectivity index (χ1n) is 12.6. The third-order valence-electron chi connectivity index (χ3n) is 6.14. The molecule has 1 aliphatic heterocycles. The number of carbonyl (C=O) groups is 2. The summed E-state index contributed by atoms with van der Waals surface area (Å²) in [7, 11) is 3.96. The smallest absolute Gasteiger partial charge is 0.223 e. The van der Waals surface area contributed by atoms with Gasteiger partial charge in [-0.15, -0.1) is 0 Å². The molecule has 0 spiro atoms. The largest absolute Gasteiger partial charge is 0.353 e. The summed E-state index contributed by atoms with van der Waals surface area (Å²) in [6.07, 6.45) is 0.526. The number of H-pyrrole nitrogens is 1. The molecule has 2 amide bonds. The average Bonchev–Trinajstić information content (AvgIpc) is 3.29. The van der Waals surface area contributed by atoms with Gasteiger partial charge in [0.2, 0.25) is 11.8 Å². The molecular formula is C26H35N9O2S. The molecule has 0 bridgehead atoms. The number of rotatable bonds is 9. The predicted octanol–water partition coefficient (Wildman–Crippen LogP) is 3.27. The molecule has 2 aromatic heterocycles. The molecule has 1 aromatic carbocycles. The highest BCUT2D eigenvalue weighted by Crippen LogP contribution is 2.33. The lowest BCUT2D eigenvalue weighted by Gasteiger charge is -2.36. The number of aromatic amines is 1. The maximum Gasteiger partial charge on any atom is 0.223 e. The number of nitrogens with zero attached hydrogens (tertiary/aromatic N) is 6. The minimum atomic E-state index is -0.110. The third-order valence-corrected chi connectivity index (χ3v) is 7.01. The molecule has 0 radical (unpaired) electrons. The lowest BCUT2D eigenvalue weighted by atomic mass is 10.2. The Morgan fingerprint density at radius 3 is 2.39 bits per heavy atom. The van der Waals surface area contributed by atoms with Crippen LogP contribution in [0.25, 0.3) is 0 Å². The van der Waals surface area contributed by atoms with Gasteiger partial charge in [-0.2, -0.15) is 5.10 Å². The highest BCUT2D eigenvalue weighted by molar-refractivity contribution is 7.99. The molecule has 1 fully saturated rings. The summed E-state index contributed by atoms with van der Waals surface area (Å²) in [5.41, 5.74) is 2.60. The van der Waals surface area contributed by atoms with E-state index in [0.29, 0.717) is 49.4 Å². The summed E-state index contributed by atoms with van der Waals surface area (Å²) in [5.74, 6) is 2.28. The lowest BCUT2D eigenvalue weighted by Crippen LogP contribution is -2.49. The molecule has 12 heteroatoms. The van der Waals surface area contributed by atoms with Crippen molar-refractivity contribution in [3.8, 4) is 0 Å². The van der Waals surface area contributed by atoms with Crippen LogP contribution in [0.5, 0.6) is 0 Å². The first kappa shape index (κ1) is 27.4. The van der Waals surface area contributed by atoms with Gasteiger partial charge in [0.05, 0.1) is 0 Å². The van der Waals surface area contributed by atoms with Gasteiger partial charge >= 0.3 is 0 Å². The monoisotopic (exact) mass is 537 g/mol. The topological polar surface area (TPSA) is 122 Å². The predicted molar refractivity (Wildman–Crippen MR) is 150 cm³/mol. The minimum Gasteiger partial charge on any atom is -0.353 e. The quantitative estimate of drug-likeness (QED) is 0.353. The fourth-order valence-corrected chi connectivity index (χ4v) is 4.88. The molecule has 3 N–H and O–H groups in total. The number of aryl methyl sites for hydroxylation is 1. The van der Waals surface area contributed by atoms with E-state index in [4.69, 9.17) is 9.97 Å². The zero-order chi connectivity index (χ0) is 27.2. The molecule has 4 rings (SSSR count). The fraction of sp³-hybridized carbons (Fsp3) is 0.423. The lowest BCUT2D eigenvalue weighted by molar-refractivity contribution is -0.131. The Morgan fingerprint density at radius 1 is 1.08 bits per heavy atom. The first-order valence-corrected chi connectivity index (χ1v) is 13.4. The van der Waals surface area contributed by atoms with E-state index < -0.39 is 0 Å². The Morgan fingerprint density at radius 2 is 1.79 bits per heavy atom. The van der Waals surface area contributed by atoms with Crippen molar-refractivity contribution in [2.45, 2.75) is 37.2 Å². The second-order valence-electron chi connectivity index (χ2n) is 9.59. The number of hydrogen-bond acceptors (Lipinski definition) is 9. The van der Waals surface area contributed by atoms with Gasteiger partial charge in [-0.3, -0.25) is 14.7 Å². The summed E-state index contributed by atoms with van der Waals surface area (Å²) in [6, 6.07) is 9.50. The van der Waals surface area contributed by atoms with Crippen molar-refractivity contribution >= 4 is 46.7 Å². The van der Waals surface area contributed by atoms with Crippen LogP contribution >= 0.6 is 11.8 Å². The van der Waals surface area contributed by atoms with Crippen LogP contribution < -0.4 is 15.5 Å². The Labute approximate surface area is 227 Å². The molecule has 3 aromatic rings. The van der Waals surface area contributed by atoms with Crippen molar-refractivity contribution in [1.82, 2.24) is 30.0 Å². The summed E-state index contributed by atoms with van der Waals surface area (Å²) in [4.78, 5) is 40.8. The SMILES string of the molecule is CC(=O)Nc1ccc(Sc2nc(Nc3cc(C)[nH]n3)c(C)c(N3CCN(C(=O)CCN(C)C)CC3)n2)cc1. The number of carbonyl (C=O) groups excluding carboxylic acids is 2. The van der Waals surface area contributed by atoms with E-state index in [9.17, 15) is 9.59 Å². The third kappa shape index (κ3) is 7.23. The van der Waals surface area contributed by atoms with Gasteiger partial charge in [0.1, 0.15) is 11.6 Å². The van der Waals surface area contributed by atoms with Crippen molar-refractivity contribution in [2.75, 3.05) is 62.4 Å². The highest BCUT2D eigenvalue weighted by Gasteiger charge is 2.25. The molecule has 0 saturated carbocycles. The summed E-state index contributed by atoms with van der Waals surface area (Å²) >= 11 is 1.45. The second-order valence-corrected chi connectivity index (χ2v) is 10.6. The molecule has 0 unspecified atom stereocenters. The van der Waals surface area contributed by atoms with E-state index in [-0.39, 0.29) is 11.8 Å². The summed E-state index contributed by atoms with van der Waals surface area (Å²) < 4.78 is 0. The Bertz CT molecular complexity index is 1270. The normalized spacial score (nSPS) is 13.6. The minimum absolute atomic E-state index is 0.110. The fourth-order valence-electron chi connectivity index (χ4n) is 4.12. The molecule has 0 atom stereocenters. The van der Waals surface area contributed by atoms with E-state index in [0.717, 1.165) is 34.2 Å². The number of piperazine rings is 1. The van der Waals surface area contributed by atoms with E-state index in [2.05, 4.69) is 25.7 Å². The van der Waals surface area contributed by atoms with Gasteiger partial charge in [-0.05, 0) is 64.0 Å². The number of anilines is 4. The van der Waals surface area contributed by atoms with Gasteiger partial charge in [-0.1, -0.05) is 0 Å². The zero-order valence-electron chi connectivity index (χ0n) is 22.5. The van der Waals surface area contributed by atoms with Crippen LogP contribution in [0.2, 0.25) is 0 Å². The molecular weight excluding hydrogens is 502 g/mol. The van der Waals surface area contributed by atoms with E-state index in [1.165, 1.54) is 18.7 Å². The molecule has 202 valence electrons. The highest BCUT2D eigenvalue weighted by atomic mass is 32.2. The number of hydrogen-bond donors (Lipinski definition) is 3. The first-order chi connectivity index (χ1) is 18.2. The van der Waals surface area contributed by atoms with E-state index in [1.807, 2.05) is 68.1 Å². The van der Waals surface area contributed by atoms with Gasteiger partial charge < -0.3 is 25.3 Å². The van der Waals surface area contributed by atoms with Gasteiger partial charge in [0.15, 0.2) is 11.0 Å². The number of aromatic nitrogens is 4. The average molecular weight is 538 g/mol. The standard InChI is InChI=1S/C26H35N9O2S/c1-17-16-22(32-31-17)28-24-18(2)25(35-14-12-34(13-15-35)23(37)10-11-33(4)5)30-26(29-24)38-21-8-6-20(7-9-21)27-19(3)36/h6-9,16H,10-15H2,1-5H3,(H,27,36)(H2,28,29,30,31,32). The maximum atomic E-state index is 12.6. The van der Waals surface area contributed by atoms with Crippen molar-refractivity contribution in [1.29, 1.82) is 0 Å². The molecule has 11 nitrogen and oxygen atoms in total. The Balaban J connectivity index is 1.55. The van der Waals surface area contributed by atoms with E-state index >= 15 is 0 Å². The van der Waals surface area contributed by atoms with Crippen molar-refractivity contribution in [2.24, 2.45) is 0 Å². The second kappa shape index (κ2) is 12.3. The molecule has 1 aliphatic rings. The van der Waals surface area contributed by atoms with Gasteiger partial charge in [-0.25, -0.2) is 9.97 Å². The molecule has 1 saturated heterocycles. The maximum absolute atomic E-state index is 12.6. The van der Waals surface area contributed by atoms with Crippen LogP contribution in [-0.4, -0.2) is 88.6 Å². The molecule has 0 aliphatic carbocycles. The summed E-state index contributed by atoms with van der Waals surface area (Å²) in [6.45, 7) is 8.89. The number of nitrogens with one attached hydrogen (secondary N) is 3. The van der Waals surface area contributed by atoms with Gasteiger partial charge in [0.25, 0.3) is 0 Å². The molecule has 38 heavy (non-hydrogen) atoms. The van der Waals surface area contributed by atoms with Crippen LogP contribution in [0.15, 0.2) is 40.4 Å². The van der Waals surface area contributed by atoms with Crippen LogP contribution in [0.4, 0.5) is 23.1 Å². The zero-order valence-corrected chi connectivity index (χ0v) is 23.4. The van der Waals surface area contributed by atoms with Crippen molar-refractivity contribution in [3.05, 3.63) is 41.6 Å². The van der Waals surface area contributed by atoms with Gasteiger partial charge in [0, 0.05) is 74.0 Å². The van der Waals surface area contributed by atoms with Crippen LogP contribution in [-0.2, 0) is 9.59 Å². The van der Waals surface area contributed by atoms with Crippen LogP contribution in [0.3, 0.4) is 0 Å². The van der Waals surface area contributed by atoms with Crippen LogP contribution in [0.1, 0.15) is 24.6 Å². The number of benzene rings is 1. The Hall–Kier alpha value is -3.64. The molecule has 3 heterocycles.